The Morgan fingerprint density at radius 3 is 2.17 bits per heavy atom. The lowest BCUT2D eigenvalue weighted by Crippen LogP contribution is -2.44. The van der Waals surface area contributed by atoms with Crippen LogP contribution in [-0.4, -0.2) is 74.0 Å². The third-order valence-corrected chi connectivity index (χ3v) is 6.82. The number of Topliss-reactive ketones (excluding diaryl/α,β-unsaturated/α-hetero) is 1. The zero-order valence-corrected chi connectivity index (χ0v) is 22.9. The number of hydrogen-bond acceptors (Lipinski definition) is 9. The molecule has 0 aliphatic carbocycles. The van der Waals surface area contributed by atoms with Crippen molar-refractivity contribution in [3.63, 3.8) is 0 Å². The van der Waals surface area contributed by atoms with Gasteiger partial charge in [0, 0.05) is 50.1 Å². The van der Waals surface area contributed by atoms with Crippen molar-refractivity contribution < 1.29 is 37.0 Å². The van der Waals surface area contributed by atoms with E-state index in [0.717, 1.165) is 31.3 Å². The maximum Gasteiger partial charge on any atom is 0.296 e. The average Bonchev–Trinajstić information content (AvgIpc) is 2.97. The molecule has 1 saturated heterocycles. The molecule has 13 heteroatoms. The third-order valence-electron chi connectivity index (χ3n) is 6.82. The van der Waals surface area contributed by atoms with Gasteiger partial charge >= 0.3 is 0 Å². The lowest BCUT2D eigenvalue weighted by Gasteiger charge is -2.34. The Morgan fingerprint density at radius 2 is 1.52 bits per heavy atom. The Balaban J connectivity index is 1.33. The van der Waals surface area contributed by atoms with E-state index in [-0.39, 0.29) is 17.3 Å². The molecular weight excluding hydrogens is 555 g/mol. The summed E-state index contributed by atoms with van der Waals surface area (Å²) in [6.45, 7) is 2.80. The van der Waals surface area contributed by atoms with Gasteiger partial charge in [-0.25, -0.2) is 23.1 Å². The van der Waals surface area contributed by atoms with Crippen LogP contribution in [0.25, 0.3) is 10.9 Å². The van der Waals surface area contributed by atoms with Crippen LogP contribution in [0.3, 0.4) is 0 Å². The van der Waals surface area contributed by atoms with E-state index in [1.165, 1.54) is 32.7 Å². The zero-order valence-electron chi connectivity index (χ0n) is 22.9. The van der Waals surface area contributed by atoms with Crippen LogP contribution >= 0.6 is 0 Å². The summed E-state index contributed by atoms with van der Waals surface area (Å²) in [4.78, 5) is 37.5. The maximum absolute atomic E-state index is 15.0. The van der Waals surface area contributed by atoms with E-state index in [0.29, 0.717) is 41.2 Å². The van der Waals surface area contributed by atoms with Gasteiger partial charge in [0.25, 0.3) is 11.7 Å². The minimum absolute atomic E-state index is 0.0350. The highest BCUT2D eigenvalue weighted by molar-refractivity contribution is 6.46. The molecule has 218 valence electrons. The first-order chi connectivity index (χ1) is 20.2. The number of nitrogens with zero attached hydrogens (tertiary/aromatic N) is 4. The van der Waals surface area contributed by atoms with Gasteiger partial charge in [0.2, 0.25) is 5.88 Å². The van der Waals surface area contributed by atoms with Gasteiger partial charge in [-0.3, -0.25) is 9.59 Å². The molecule has 42 heavy (non-hydrogen) atoms. The number of ether oxygens (including phenoxy) is 3. The Kier molecular flexibility index (Phi) is 8.11. The molecule has 1 aliphatic rings. The fraction of sp³-hybridized carbons (Fsp3) is 0.241. The van der Waals surface area contributed by atoms with Gasteiger partial charge in [0.05, 0.1) is 36.4 Å². The number of fused-ring (bicyclic) bond motifs is 1. The summed E-state index contributed by atoms with van der Waals surface area (Å²) in [7, 11) is 4.87. The number of benzene rings is 3. The molecule has 0 saturated carbocycles. The number of carbonyl (C=O) groups excluding carboxylic acids is 2. The highest BCUT2D eigenvalue weighted by Gasteiger charge is 2.26. The molecule has 5 rings (SSSR count). The third kappa shape index (κ3) is 5.77. The van der Waals surface area contributed by atoms with E-state index in [4.69, 9.17) is 14.2 Å². The van der Waals surface area contributed by atoms with E-state index >= 15 is 0 Å². The SMILES string of the molecule is COc1cc2ncnc(Oc3cc(F)c(C(=O)C(=O)Nc4ccc(N5CCN(C)CC5)c(F)c4)c(F)c3)c2cc1OC. The van der Waals surface area contributed by atoms with Crippen molar-refractivity contribution in [1.29, 1.82) is 0 Å². The van der Waals surface area contributed by atoms with E-state index in [1.807, 2.05) is 11.9 Å². The first-order valence-corrected chi connectivity index (χ1v) is 12.8. The van der Waals surface area contributed by atoms with Gasteiger partial charge in [-0.2, -0.15) is 0 Å². The number of anilines is 2. The summed E-state index contributed by atoms with van der Waals surface area (Å²) in [5.41, 5.74) is -0.357. The monoisotopic (exact) mass is 581 g/mol. The highest BCUT2D eigenvalue weighted by atomic mass is 19.1. The number of likely N-dealkylation sites (N-methyl/N-ethyl adjacent to an activating group) is 1. The Bertz CT molecular complexity index is 1650. The predicted molar refractivity (Wildman–Crippen MR) is 148 cm³/mol. The van der Waals surface area contributed by atoms with Crippen molar-refractivity contribution in [3.05, 3.63) is 71.8 Å². The maximum atomic E-state index is 15.0. The van der Waals surface area contributed by atoms with Crippen molar-refractivity contribution >= 4 is 34.0 Å². The number of amides is 1. The molecule has 3 aromatic carbocycles. The zero-order chi connectivity index (χ0) is 30.0. The van der Waals surface area contributed by atoms with Gasteiger partial charge in [0.15, 0.2) is 11.5 Å². The van der Waals surface area contributed by atoms with Crippen LogP contribution in [0.2, 0.25) is 0 Å². The first-order valence-electron chi connectivity index (χ1n) is 12.8. The summed E-state index contributed by atoms with van der Waals surface area (Å²) in [5.74, 6) is -5.70. The first kappa shape index (κ1) is 28.6. The molecule has 0 radical (unpaired) electrons. The van der Waals surface area contributed by atoms with Gasteiger partial charge in [-0.05, 0) is 31.3 Å². The summed E-state index contributed by atoms with van der Waals surface area (Å²) < 4.78 is 60.9. The topological polar surface area (TPSA) is 106 Å². The van der Waals surface area contributed by atoms with Crippen molar-refractivity contribution in [2.24, 2.45) is 0 Å². The molecule has 0 atom stereocenters. The molecule has 0 unspecified atom stereocenters. The number of nitrogens with one attached hydrogen (secondary N) is 1. The number of rotatable bonds is 8. The summed E-state index contributed by atoms with van der Waals surface area (Å²) in [6, 6.07) is 8.58. The number of ketones is 1. The average molecular weight is 582 g/mol. The van der Waals surface area contributed by atoms with Crippen molar-refractivity contribution in [1.82, 2.24) is 14.9 Å². The van der Waals surface area contributed by atoms with Gasteiger partial charge in [-0.15, -0.1) is 0 Å². The summed E-state index contributed by atoms with van der Waals surface area (Å²) in [6.07, 6.45) is 1.19. The molecular formula is C29H26F3N5O5. The molecule has 1 amide bonds. The fourth-order valence-electron chi connectivity index (χ4n) is 4.57. The van der Waals surface area contributed by atoms with Gasteiger partial charge in [0.1, 0.15) is 29.5 Å². The van der Waals surface area contributed by atoms with Gasteiger partial charge in [-0.1, -0.05) is 0 Å². The van der Waals surface area contributed by atoms with Crippen LogP contribution in [0.5, 0.6) is 23.1 Å². The van der Waals surface area contributed by atoms with Crippen LogP contribution < -0.4 is 24.4 Å². The van der Waals surface area contributed by atoms with Crippen LogP contribution in [0.1, 0.15) is 10.4 Å². The second kappa shape index (κ2) is 11.9. The number of aromatic nitrogens is 2. The van der Waals surface area contributed by atoms with Crippen molar-refractivity contribution in [2.45, 2.75) is 0 Å². The molecule has 0 spiro atoms. The van der Waals surface area contributed by atoms with E-state index in [9.17, 15) is 22.8 Å². The lowest BCUT2D eigenvalue weighted by atomic mass is 10.1. The molecule has 1 fully saturated rings. The fourth-order valence-corrected chi connectivity index (χ4v) is 4.57. The molecule has 4 aromatic rings. The van der Waals surface area contributed by atoms with E-state index < -0.39 is 34.7 Å². The summed E-state index contributed by atoms with van der Waals surface area (Å²) in [5, 5.41) is 2.57. The molecule has 2 heterocycles. The summed E-state index contributed by atoms with van der Waals surface area (Å²) >= 11 is 0. The molecule has 1 N–H and O–H groups in total. The smallest absolute Gasteiger partial charge is 0.296 e. The van der Waals surface area contributed by atoms with Gasteiger partial charge < -0.3 is 29.3 Å². The number of piperazine rings is 1. The minimum Gasteiger partial charge on any atom is -0.493 e. The Hall–Kier alpha value is -4.91. The predicted octanol–water partition coefficient (Wildman–Crippen LogP) is 4.43. The number of methoxy groups -OCH3 is 2. The molecule has 1 aromatic heterocycles. The Labute approximate surface area is 238 Å². The quantitative estimate of drug-likeness (QED) is 0.239. The normalized spacial score (nSPS) is 13.6. The Morgan fingerprint density at radius 1 is 0.857 bits per heavy atom. The standard InChI is InChI=1S/C29H26F3N5O5/c1-36-6-8-37(9-7-36)23-5-4-16(10-19(23)30)35-28(39)27(38)26-20(31)11-17(12-21(26)32)42-29-18-13-24(40-2)25(41-3)14-22(18)33-15-34-29/h4-5,10-15H,6-9H2,1-3H3,(H,35,39). The van der Waals surface area contributed by atoms with Crippen LogP contribution in [0.15, 0.2) is 48.8 Å². The molecule has 1 aliphatic heterocycles. The van der Waals surface area contributed by atoms with Crippen molar-refractivity contribution in [2.75, 3.05) is 57.7 Å². The minimum atomic E-state index is -1.48. The highest BCUT2D eigenvalue weighted by Crippen LogP contribution is 2.36. The van der Waals surface area contributed by atoms with E-state index in [2.05, 4.69) is 20.2 Å². The number of hydrogen-bond donors (Lipinski definition) is 1. The number of halogens is 3. The molecule has 0 bridgehead atoms. The van der Waals surface area contributed by atoms with Crippen LogP contribution in [-0.2, 0) is 4.79 Å². The number of carbonyl (C=O) groups is 2. The lowest BCUT2D eigenvalue weighted by molar-refractivity contribution is -0.112. The van der Waals surface area contributed by atoms with Crippen LogP contribution in [0, 0.1) is 17.5 Å². The largest absolute Gasteiger partial charge is 0.493 e. The van der Waals surface area contributed by atoms with Crippen LogP contribution in [0.4, 0.5) is 24.5 Å². The molecule has 10 nitrogen and oxygen atoms in total. The van der Waals surface area contributed by atoms with E-state index in [1.54, 1.807) is 12.1 Å². The van der Waals surface area contributed by atoms with Crippen molar-refractivity contribution in [3.8, 4) is 23.1 Å². The second-order valence-electron chi connectivity index (χ2n) is 9.51. The second-order valence-corrected chi connectivity index (χ2v) is 9.51.